The van der Waals surface area contributed by atoms with Gasteiger partial charge in [0.2, 0.25) is 0 Å². The predicted octanol–water partition coefficient (Wildman–Crippen LogP) is 2.65. The third kappa shape index (κ3) is 1.19. The Hall–Kier alpha value is -0.330. The predicted molar refractivity (Wildman–Crippen MR) is 48.8 cm³/mol. The lowest BCUT2D eigenvalue weighted by atomic mass is 9.74. The van der Waals surface area contributed by atoms with Crippen molar-refractivity contribution in [2.24, 2.45) is 23.7 Å². The molecule has 0 radical (unpaired) electrons. The summed E-state index contributed by atoms with van der Waals surface area (Å²) in [5, 5.41) is 0. The molecule has 1 nitrogen and oxygen atoms in total. The number of fused-ring (bicyclic) bond motifs is 1. The normalized spacial score (nSPS) is 47.7. The van der Waals surface area contributed by atoms with Gasteiger partial charge in [0.25, 0.3) is 0 Å². The zero-order valence-electron chi connectivity index (χ0n) is 8.05. The van der Waals surface area contributed by atoms with Crippen molar-refractivity contribution in [2.45, 2.75) is 39.5 Å². The van der Waals surface area contributed by atoms with Crippen LogP contribution in [0.25, 0.3) is 0 Å². The second kappa shape index (κ2) is 2.86. The standard InChI is InChI=1S/C11H18O/c1-7-3-4-10-8(2)11(12)6-9(10)5-7/h7-10H,3-6H2,1-2H3/t7-,8+,9-,10+/m1/s1. The van der Waals surface area contributed by atoms with Crippen LogP contribution in [0.1, 0.15) is 39.5 Å². The van der Waals surface area contributed by atoms with Gasteiger partial charge < -0.3 is 0 Å². The highest BCUT2D eigenvalue weighted by molar-refractivity contribution is 5.83. The van der Waals surface area contributed by atoms with Crippen LogP contribution in [0.5, 0.6) is 0 Å². The Morgan fingerprint density at radius 3 is 2.75 bits per heavy atom. The summed E-state index contributed by atoms with van der Waals surface area (Å²) in [6.07, 6.45) is 4.84. The molecule has 0 bridgehead atoms. The number of ketones is 1. The van der Waals surface area contributed by atoms with E-state index in [1.54, 1.807) is 0 Å². The van der Waals surface area contributed by atoms with Crippen molar-refractivity contribution >= 4 is 5.78 Å². The van der Waals surface area contributed by atoms with Crippen molar-refractivity contribution in [2.75, 3.05) is 0 Å². The highest BCUT2D eigenvalue weighted by Crippen LogP contribution is 2.45. The minimum atomic E-state index is 0.377. The Kier molecular flexibility index (Phi) is 1.97. The third-order valence-corrected chi connectivity index (χ3v) is 3.92. The molecule has 2 aliphatic rings. The Bertz CT molecular complexity index is 197. The van der Waals surface area contributed by atoms with Crippen LogP contribution in [0.2, 0.25) is 0 Å². The van der Waals surface area contributed by atoms with Crippen molar-refractivity contribution in [1.29, 1.82) is 0 Å². The topological polar surface area (TPSA) is 17.1 Å². The van der Waals surface area contributed by atoms with Crippen molar-refractivity contribution in [3.05, 3.63) is 0 Å². The molecule has 2 fully saturated rings. The first-order chi connectivity index (χ1) is 5.68. The molecule has 0 amide bonds. The quantitative estimate of drug-likeness (QED) is 0.540. The van der Waals surface area contributed by atoms with E-state index in [0.29, 0.717) is 11.7 Å². The fraction of sp³-hybridized carbons (Fsp3) is 0.909. The van der Waals surface area contributed by atoms with Crippen LogP contribution in [0, 0.1) is 23.7 Å². The molecule has 0 unspecified atom stereocenters. The van der Waals surface area contributed by atoms with Gasteiger partial charge in [-0.2, -0.15) is 0 Å². The molecular weight excluding hydrogens is 148 g/mol. The second-order valence-corrected chi connectivity index (χ2v) is 4.80. The molecule has 2 saturated carbocycles. The number of Topliss-reactive ketones (excluding diaryl/α,β-unsaturated/α-hetero) is 1. The first-order valence-electron chi connectivity index (χ1n) is 5.21. The first kappa shape index (κ1) is 8.28. The minimum Gasteiger partial charge on any atom is -0.299 e. The zero-order valence-corrected chi connectivity index (χ0v) is 8.05. The maximum atomic E-state index is 11.4. The average molecular weight is 166 g/mol. The van der Waals surface area contributed by atoms with E-state index < -0.39 is 0 Å². The van der Waals surface area contributed by atoms with Crippen LogP contribution in [0.15, 0.2) is 0 Å². The van der Waals surface area contributed by atoms with Crippen LogP contribution in [0.4, 0.5) is 0 Å². The van der Waals surface area contributed by atoms with Crippen LogP contribution < -0.4 is 0 Å². The molecule has 0 spiro atoms. The van der Waals surface area contributed by atoms with E-state index >= 15 is 0 Å². The smallest absolute Gasteiger partial charge is 0.136 e. The maximum absolute atomic E-state index is 11.4. The lowest BCUT2D eigenvalue weighted by Gasteiger charge is -2.30. The summed E-state index contributed by atoms with van der Waals surface area (Å²) in [4.78, 5) is 11.4. The lowest BCUT2D eigenvalue weighted by Crippen LogP contribution is -2.22. The molecule has 0 heterocycles. The molecule has 68 valence electrons. The van der Waals surface area contributed by atoms with E-state index in [4.69, 9.17) is 0 Å². The molecule has 0 aromatic heterocycles. The van der Waals surface area contributed by atoms with E-state index in [-0.39, 0.29) is 0 Å². The number of carbonyl (C=O) groups excluding carboxylic acids is 1. The Balaban J connectivity index is 2.09. The molecule has 2 rings (SSSR count). The summed E-state index contributed by atoms with van der Waals surface area (Å²) in [7, 11) is 0. The van der Waals surface area contributed by atoms with Gasteiger partial charge in [0, 0.05) is 12.3 Å². The van der Waals surface area contributed by atoms with E-state index in [1.807, 2.05) is 0 Å². The minimum absolute atomic E-state index is 0.377. The van der Waals surface area contributed by atoms with Crippen LogP contribution in [0.3, 0.4) is 0 Å². The van der Waals surface area contributed by atoms with Gasteiger partial charge in [-0.3, -0.25) is 4.79 Å². The lowest BCUT2D eigenvalue weighted by molar-refractivity contribution is -0.120. The fourth-order valence-corrected chi connectivity index (χ4v) is 3.10. The molecule has 1 heteroatoms. The molecule has 12 heavy (non-hydrogen) atoms. The highest BCUT2D eigenvalue weighted by Gasteiger charge is 2.41. The van der Waals surface area contributed by atoms with Crippen molar-refractivity contribution in [3.8, 4) is 0 Å². The zero-order chi connectivity index (χ0) is 8.72. The first-order valence-corrected chi connectivity index (χ1v) is 5.21. The number of carbonyl (C=O) groups is 1. The summed E-state index contributed by atoms with van der Waals surface area (Å²) >= 11 is 0. The van der Waals surface area contributed by atoms with E-state index in [0.717, 1.165) is 24.2 Å². The maximum Gasteiger partial charge on any atom is 0.136 e. The number of rotatable bonds is 0. The molecule has 4 atom stereocenters. The van der Waals surface area contributed by atoms with Gasteiger partial charge >= 0.3 is 0 Å². The van der Waals surface area contributed by atoms with Crippen LogP contribution in [-0.2, 0) is 4.79 Å². The van der Waals surface area contributed by atoms with E-state index in [2.05, 4.69) is 13.8 Å². The number of hydrogen-bond donors (Lipinski definition) is 0. The second-order valence-electron chi connectivity index (χ2n) is 4.80. The summed E-state index contributed by atoms with van der Waals surface area (Å²) < 4.78 is 0. The van der Waals surface area contributed by atoms with E-state index in [9.17, 15) is 4.79 Å². The summed E-state index contributed by atoms with van der Waals surface area (Å²) in [6, 6.07) is 0. The van der Waals surface area contributed by atoms with Gasteiger partial charge in [0.15, 0.2) is 0 Å². The Morgan fingerprint density at radius 1 is 1.25 bits per heavy atom. The van der Waals surface area contributed by atoms with Gasteiger partial charge in [-0.25, -0.2) is 0 Å². The van der Waals surface area contributed by atoms with Gasteiger partial charge in [-0.05, 0) is 30.6 Å². The van der Waals surface area contributed by atoms with Crippen molar-refractivity contribution in [1.82, 2.24) is 0 Å². The molecule has 0 N–H and O–H groups in total. The highest BCUT2D eigenvalue weighted by atomic mass is 16.1. The van der Waals surface area contributed by atoms with Crippen molar-refractivity contribution < 1.29 is 4.79 Å². The molecule has 2 aliphatic carbocycles. The Labute approximate surface area is 74.5 Å². The van der Waals surface area contributed by atoms with Crippen LogP contribution in [-0.4, -0.2) is 5.78 Å². The molecule has 0 aliphatic heterocycles. The average Bonchev–Trinajstić information content (AvgIpc) is 2.28. The third-order valence-electron chi connectivity index (χ3n) is 3.92. The summed E-state index contributed by atoms with van der Waals surface area (Å²) in [6.45, 7) is 4.45. The molecule has 0 aromatic carbocycles. The van der Waals surface area contributed by atoms with Crippen molar-refractivity contribution in [3.63, 3.8) is 0 Å². The number of hydrogen-bond acceptors (Lipinski definition) is 1. The molecule has 0 aromatic rings. The van der Waals surface area contributed by atoms with E-state index in [1.165, 1.54) is 19.3 Å². The van der Waals surface area contributed by atoms with Gasteiger partial charge in [0.05, 0.1) is 0 Å². The Morgan fingerprint density at radius 2 is 2.00 bits per heavy atom. The SMILES string of the molecule is C[C@@H]1CC[C@@H]2[C@@H](CC(=O)[C@H]2C)C1. The van der Waals surface area contributed by atoms with Gasteiger partial charge in [0.1, 0.15) is 5.78 Å². The van der Waals surface area contributed by atoms with Gasteiger partial charge in [-0.1, -0.05) is 20.3 Å². The van der Waals surface area contributed by atoms with Gasteiger partial charge in [-0.15, -0.1) is 0 Å². The monoisotopic (exact) mass is 166 g/mol. The largest absolute Gasteiger partial charge is 0.299 e. The summed E-state index contributed by atoms with van der Waals surface area (Å²) in [5.74, 6) is 3.26. The molecule has 0 saturated heterocycles. The summed E-state index contributed by atoms with van der Waals surface area (Å²) in [5.41, 5.74) is 0. The van der Waals surface area contributed by atoms with Crippen LogP contribution >= 0.6 is 0 Å². The fourth-order valence-electron chi connectivity index (χ4n) is 3.10. The molecular formula is C11H18O.